The lowest BCUT2D eigenvalue weighted by Gasteiger charge is -2.27. The Morgan fingerprint density at radius 2 is 2.05 bits per heavy atom. The van der Waals surface area contributed by atoms with Crippen molar-refractivity contribution in [2.24, 2.45) is 5.92 Å². The van der Waals surface area contributed by atoms with Crippen molar-refractivity contribution in [1.82, 2.24) is 5.32 Å². The van der Waals surface area contributed by atoms with E-state index in [2.05, 4.69) is 5.32 Å². The van der Waals surface area contributed by atoms with Gasteiger partial charge in [-0.15, -0.1) is 0 Å². The third-order valence-electron chi connectivity index (χ3n) is 3.67. The van der Waals surface area contributed by atoms with Gasteiger partial charge in [-0.1, -0.05) is 11.6 Å². The molecule has 0 amide bonds. The number of carboxylic acid groups (broad SMARTS) is 1. The summed E-state index contributed by atoms with van der Waals surface area (Å²) in [5.41, 5.74) is 0.738. The van der Waals surface area contributed by atoms with Gasteiger partial charge >= 0.3 is 5.97 Å². The van der Waals surface area contributed by atoms with Crippen LogP contribution in [0, 0.1) is 11.7 Å². The number of hydrogen-bond acceptors (Lipinski definition) is 2. The molecule has 19 heavy (non-hydrogen) atoms. The minimum atomic E-state index is -0.702. The van der Waals surface area contributed by atoms with E-state index in [9.17, 15) is 9.18 Å². The van der Waals surface area contributed by atoms with Gasteiger partial charge in [-0.2, -0.15) is 0 Å². The van der Waals surface area contributed by atoms with Crippen molar-refractivity contribution in [3.8, 4) is 0 Å². The van der Waals surface area contributed by atoms with Crippen LogP contribution in [-0.4, -0.2) is 17.1 Å². The molecule has 1 aromatic rings. The van der Waals surface area contributed by atoms with Crippen LogP contribution in [0.5, 0.6) is 0 Å². The molecular weight excluding hydrogens is 269 g/mol. The largest absolute Gasteiger partial charge is 0.481 e. The van der Waals surface area contributed by atoms with Crippen LogP contribution < -0.4 is 5.32 Å². The first-order valence-corrected chi connectivity index (χ1v) is 6.84. The Hall–Kier alpha value is -1.13. The van der Waals surface area contributed by atoms with Crippen LogP contribution in [0.3, 0.4) is 0 Å². The minimum absolute atomic E-state index is 0.212. The second kappa shape index (κ2) is 6.35. The van der Waals surface area contributed by atoms with Gasteiger partial charge in [0.05, 0.1) is 5.92 Å². The van der Waals surface area contributed by atoms with E-state index >= 15 is 0 Å². The van der Waals surface area contributed by atoms with E-state index in [0.717, 1.165) is 18.4 Å². The molecule has 0 unspecified atom stereocenters. The molecule has 104 valence electrons. The van der Waals surface area contributed by atoms with Crippen LogP contribution in [0.2, 0.25) is 5.02 Å². The van der Waals surface area contributed by atoms with Crippen molar-refractivity contribution in [1.29, 1.82) is 0 Å². The summed E-state index contributed by atoms with van der Waals surface area (Å²) in [5.74, 6) is -1.21. The number of carbonyl (C=O) groups is 1. The summed E-state index contributed by atoms with van der Waals surface area (Å²) in [6.45, 7) is 0.513. The molecular formula is C14H17ClFNO2. The van der Waals surface area contributed by atoms with Crippen molar-refractivity contribution >= 4 is 17.6 Å². The number of hydrogen-bond donors (Lipinski definition) is 2. The molecule has 3 nitrogen and oxygen atoms in total. The van der Waals surface area contributed by atoms with Crippen LogP contribution in [0.25, 0.3) is 0 Å². The summed E-state index contributed by atoms with van der Waals surface area (Å²) >= 11 is 5.99. The Bertz CT molecular complexity index is 459. The predicted molar refractivity (Wildman–Crippen MR) is 71.6 cm³/mol. The second-order valence-electron chi connectivity index (χ2n) is 5.00. The summed E-state index contributed by atoms with van der Waals surface area (Å²) in [6, 6.07) is 4.60. The zero-order valence-corrected chi connectivity index (χ0v) is 11.3. The lowest BCUT2D eigenvalue weighted by molar-refractivity contribution is -0.142. The fraction of sp³-hybridized carbons (Fsp3) is 0.500. The molecule has 1 aliphatic rings. The lowest BCUT2D eigenvalue weighted by Crippen LogP contribution is -2.34. The van der Waals surface area contributed by atoms with Crippen LogP contribution in [0.4, 0.5) is 4.39 Å². The first-order valence-electron chi connectivity index (χ1n) is 6.46. The van der Waals surface area contributed by atoms with Crippen LogP contribution in [0.15, 0.2) is 18.2 Å². The van der Waals surface area contributed by atoms with Crippen LogP contribution in [-0.2, 0) is 11.3 Å². The highest BCUT2D eigenvalue weighted by atomic mass is 35.5. The molecule has 1 aromatic carbocycles. The van der Waals surface area contributed by atoms with Crippen molar-refractivity contribution in [3.63, 3.8) is 0 Å². The summed E-state index contributed by atoms with van der Waals surface area (Å²) < 4.78 is 13.1. The van der Waals surface area contributed by atoms with Crippen molar-refractivity contribution in [2.75, 3.05) is 0 Å². The highest BCUT2D eigenvalue weighted by Crippen LogP contribution is 2.25. The topological polar surface area (TPSA) is 49.3 Å². The van der Waals surface area contributed by atoms with Gasteiger partial charge < -0.3 is 10.4 Å². The second-order valence-corrected chi connectivity index (χ2v) is 5.41. The number of aliphatic carboxylic acids is 1. The molecule has 0 saturated heterocycles. The maximum absolute atomic E-state index is 13.1. The number of benzene rings is 1. The van der Waals surface area contributed by atoms with E-state index in [1.54, 1.807) is 6.07 Å². The van der Waals surface area contributed by atoms with Gasteiger partial charge in [-0.05, 0) is 49.4 Å². The minimum Gasteiger partial charge on any atom is -0.481 e. The monoisotopic (exact) mass is 285 g/mol. The molecule has 1 fully saturated rings. The summed E-state index contributed by atoms with van der Waals surface area (Å²) in [4.78, 5) is 10.8. The fourth-order valence-electron chi connectivity index (χ4n) is 2.48. The average Bonchev–Trinajstić information content (AvgIpc) is 2.40. The van der Waals surface area contributed by atoms with Crippen molar-refractivity contribution in [3.05, 3.63) is 34.6 Å². The van der Waals surface area contributed by atoms with Gasteiger partial charge in [0.2, 0.25) is 0 Å². The van der Waals surface area contributed by atoms with E-state index < -0.39 is 5.97 Å². The average molecular weight is 286 g/mol. The van der Waals surface area contributed by atoms with Gasteiger partial charge in [-0.3, -0.25) is 4.79 Å². The molecule has 2 rings (SSSR count). The van der Waals surface area contributed by atoms with E-state index in [1.807, 2.05) is 0 Å². The van der Waals surface area contributed by atoms with Crippen LogP contribution >= 0.6 is 11.6 Å². The van der Waals surface area contributed by atoms with Gasteiger partial charge in [0.1, 0.15) is 5.82 Å². The van der Waals surface area contributed by atoms with E-state index in [-0.39, 0.29) is 17.8 Å². The normalized spacial score (nSPS) is 23.3. The molecule has 2 N–H and O–H groups in total. The number of halogens is 2. The first kappa shape index (κ1) is 14.3. The fourth-order valence-corrected chi connectivity index (χ4v) is 2.66. The highest BCUT2D eigenvalue weighted by Gasteiger charge is 2.25. The zero-order chi connectivity index (χ0) is 13.8. The Morgan fingerprint density at radius 1 is 1.37 bits per heavy atom. The summed E-state index contributed by atoms with van der Waals surface area (Å²) in [6.07, 6.45) is 3.07. The smallest absolute Gasteiger partial charge is 0.306 e. The SMILES string of the molecule is O=C(O)C1CCC(NCc2cc(F)ccc2Cl)CC1. The number of nitrogens with one attached hydrogen (secondary N) is 1. The summed E-state index contributed by atoms with van der Waals surface area (Å²) in [7, 11) is 0. The molecule has 0 atom stereocenters. The third-order valence-corrected chi connectivity index (χ3v) is 4.03. The first-order chi connectivity index (χ1) is 9.06. The molecule has 0 aromatic heterocycles. The third kappa shape index (κ3) is 3.91. The van der Waals surface area contributed by atoms with E-state index in [1.165, 1.54) is 12.1 Å². The molecule has 0 spiro atoms. The maximum Gasteiger partial charge on any atom is 0.306 e. The Labute approximate surface area is 116 Å². The molecule has 1 saturated carbocycles. The van der Waals surface area contributed by atoms with Crippen molar-refractivity contribution in [2.45, 2.75) is 38.3 Å². The molecule has 5 heteroatoms. The molecule has 0 aliphatic heterocycles. The quantitative estimate of drug-likeness (QED) is 0.893. The molecule has 1 aliphatic carbocycles. The van der Waals surface area contributed by atoms with Gasteiger partial charge in [0.25, 0.3) is 0 Å². The standard InChI is InChI=1S/C14H17ClFNO2/c15-13-6-3-11(16)7-10(13)8-17-12-4-1-9(2-5-12)14(18)19/h3,6-7,9,12,17H,1-2,4-5,8H2,(H,18,19). The Morgan fingerprint density at radius 3 is 2.68 bits per heavy atom. The maximum atomic E-state index is 13.1. The number of rotatable bonds is 4. The van der Waals surface area contributed by atoms with E-state index in [0.29, 0.717) is 24.4 Å². The van der Waals surface area contributed by atoms with Crippen molar-refractivity contribution < 1.29 is 14.3 Å². The molecule has 0 heterocycles. The molecule has 0 radical (unpaired) electrons. The predicted octanol–water partition coefficient (Wildman–Crippen LogP) is 3.21. The summed E-state index contributed by atoms with van der Waals surface area (Å²) in [5, 5.41) is 12.8. The number of carboxylic acids is 1. The Kier molecular flexibility index (Phi) is 4.77. The van der Waals surface area contributed by atoms with E-state index in [4.69, 9.17) is 16.7 Å². The van der Waals surface area contributed by atoms with Crippen LogP contribution in [0.1, 0.15) is 31.2 Å². The van der Waals surface area contributed by atoms with Gasteiger partial charge in [0.15, 0.2) is 0 Å². The molecule has 0 bridgehead atoms. The lowest BCUT2D eigenvalue weighted by atomic mass is 9.86. The van der Waals surface area contributed by atoms with Gasteiger partial charge in [-0.25, -0.2) is 4.39 Å². The zero-order valence-electron chi connectivity index (χ0n) is 10.5. The Balaban J connectivity index is 1.83. The highest BCUT2D eigenvalue weighted by molar-refractivity contribution is 6.31. The van der Waals surface area contributed by atoms with Gasteiger partial charge in [0, 0.05) is 17.6 Å².